The Hall–Kier alpha value is -0.570. The molecule has 0 aromatic rings. The number of nitrogens with one attached hydrogen (secondary N) is 1. The molecule has 1 fully saturated rings. The van der Waals surface area contributed by atoms with Gasteiger partial charge >= 0.3 is 5.97 Å². The maximum Gasteiger partial charge on any atom is 0.306 e. The number of hydrogen-bond donors (Lipinski definition) is 2. The van der Waals surface area contributed by atoms with Crippen molar-refractivity contribution < 1.29 is 9.90 Å². The predicted molar refractivity (Wildman–Crippen MR) is 47.0 cm³/mol. The Morgan fingerprint density at radius 2 is 2.33 bits per heavy atom. The molecule has 2 unspecified atom stereocenters. The lowest BCUT2D eigenvalue weighted by molar-refractivity contribution is -0.143. The van der Waals surface area contributed by atoms with Crippen molar-refractivity contribution in [2.75, 3.05) is 13.6 Å². The van der Waals surface area contributed by atoms with Gasteiger partial charge in [0.25, 0.3) is 0 Å². The molecule has 12 heavy (non-hydrogen) atoms. The summed E-state index contributed by atoms with van der Waals surface area (Å²) in [6.45, 7) is 0.962. The molecule has 1 rings (SSSR count). The van der Waals surface area contributed by atoms with Crippen LogP contribution in [0.25, 0.3) is 0 Å². The first kappa shape index (κ1) is 9.52. The van der Waals surface area contributed by atoms with Gasteiger partial charge in [0.15, 0.2) is 0 Å². The van der Waals surface area contributed by atoms with Crippen molar-refractivity contribution in [1.29, 1.82) is 0 Å². The molecule has 0 amide bonds. The third-order valence-electron chi connectivity index (χ3n) is 2.62. The summed E-state index contributed by atoms with van der Waals surface area (Å²) in [7, 11) is 1.92. The first-order chi connectivity index (χ1) is 5.74. The number of rotatable bonds is 3. The van der Waals surface area contributed by atoms with Crippen LogP contribution in [0.5, 0.6) is 0 Å². The second kappa shape index (κ2) is 4.45. The van der Waals surface area contributed by atoms with Crippen LogP contribution in [-0.2, 0) is 4.79 Å². The van der Waals surface area contributed by atoms with Gasteiger partial charge in [-0.3, -0.25) is 4.79 Å². The van der Waals surface area contributed by atoms with Gasteiger partial charge in [0.2, 0.25) is 0 Å². The quantitative estimate of drug-likeness (QED) is 0.668. The van der Waals surface area contributed by atoms with E-state index in [1.807, 2.05) is 7.05 Å². The second-order valence-electron chi connectivity index (χ2n) is 3.63. The Morgan fingerprint density at radius 3 is 2.92 bits per heavy atom. The van der Waals surface area contributed by atoms with Gasteiger partial charge in [-0.2, -0.15) is 0 Å². The fraction of sp³-hybridized carbons (Fsp3) is 0.889. The van der Waals surface area contributed by atoms with Crippen LogP contribution >= 0.6 is 0 Å². The van der Waals surface area contributed by atoms with E-state index in [1.54, 1.807) is 0 Å². The number of carboxylic acids is 1. The second-order valence-corrected chi connectivity index (χ2v) is 3.63. The molecule has 0 radical (unpaired) electrons. The summed E-state index contributed by atoms with van der Waals surface area (Å²) in [4.78, 5) is 10.7. The van der Waals surface area contributed by atoms with Gasteiger partial charge in [-0.15, -0.1) is 0 Å². The van der Waals surface area contributed by atoms with Crippen LogP contribution in [0.15, 0.2) is 0 Å². The highest BCUT2D eigenvalue weighted by Crippen LogP contribution is 2.28. The normalized spacial score (nSPS) is 30.1. The Kier molecular flexibility index (Phi) is 3.53. The molecule has 1 aliphatic carbocycles. The Balaban J connectivity index is 2.35. The molecule has 2 atom stereocenters. The van der Waals surface area contributed by atoms with Crippen LogP contribution in [-0.4, -0.2) is 24.7 Å². The molecule has 3 heteroatoms. The van der Waals surface area contributed by atoms with E-state index >= 15 is 0 Å². The van der Waals surface area contributed by atoms with Gasteiger partial charge in [0, 0.05) is 0 Å². The summed E-state index contributed by atoms with van der Waals surface area (Å²) in [6, 6.07) is 0. The molecule has 0 aromatic heterocycles. The van der Waals surface area contributed by atoms with E-state index in [-0.39, 0.29) is 5.92 Å². The molecule has 1 saturated carbocycles. The standard InChI is InChI=1S/C9H17NO2/c1-10-6-7-3-2-4-8(5-7)9(11)12/h7-8,10H,2-6H2,1H3,(H,11,12). The van der Waals surface area contributed by atoms with Crippen LogP contribution in [0.2, 0.25) is 0 Å². The fourth-order valence-corrected chi connectivity index (χ4v) is 1.99. The minimum absolute atomic E-state index is 0.0860. The van der Waals surface area contributed by atoms with Gasteiger partial charge in [-0.25, -0.2) is 0 Å². The molecular weight excluding hydrogens is 154 g/mol. The van der Waals surface area contributed by atoms with Crippen molar-refractivity contribution in [1.82, 2.24) is 5.32 Å². The van der Waals surface area contributed by atoms with Crippen LogP contribution in [0, 0.1) is 11.8 Å². The Morgan fingerprint density at radius 1 is 1.58 bits per heavy atom. The van der Waals surface area contributed by atoms with E-state index in [1.165, 1.54) is 6.42 Å². The maximum atomic E-state index is 10.7. The monoisotopic (exact) mass is 171 g/mol. The van der Waals surface area contributed by atoms with E-state index in [0.717, 1.165) is 25.8 Å². The predicted octanol–water partition coefficient (Wildman–Crippen LogP) is 1.10. The topological polar surface area (TPSA) is 49.3 Å². The van der Waals surface area contributed by atoms with Gasteiger partial charge in [0.05, 0.1) is 5.92 Å². The molecule has 2 N–H and O–H groups in total. The van der Waals surface area contributed by atoms with E-state index in [9.17, 15) is 4.79 Å². The highest BCUT2D eigenvalue weighted by atomic mass is 16.4. The summed E-state index contributed by atoms with van der Waals surface area (Å²) in [5.74, 6) is -0.127. The zero-order valence-electron chi connectivity index (χ0n) is 7.55. The van der Waals surface area contributed by atoms with Crippen molar-refractivity contribution in [3.63, 3.8) is 0 Å². The van der Waals surface area contributed by atoms with Crippen LogP contribution < -0.4 is 5.32 Å². The largest absolute Gasteiger partial charge is 0.481 e. The van der Waals surface area contributed by atoms with Crippen LogP contribution in [0.4, 0.5) is 0 Å². The highest BCUT2D eigenvalue weighted by molar-refractivity contribution is 5.70. The average Bonchev–Trinajstić information content (AvgIpc) is 2.05. The first-order valence-corrected chi connectivity index (χ1v) is 4.61. The summed E-state index contributed by atoms with van der Waals surface area (Å²) in [5, 5.41) is 11.9. The van der Waals surface area contributed by atoms with E-state index < -0.39 is 5.97 Å². The van der Waals surface area contributed by atoms with Crippen molar-refractivity contribution in [3.05, 3.63) is 0 Å². The Bertz CT molecular complexity index is 157. The van der Waals surface area contributed by atoms with Crippen molar-refractivity contribution in [2.45, 2.75) is 25.7 Å². The lowest BCUT2D eigenvalue weighted by atomic mass is 9.81. The van der Waals surface area contributed by atoms with E-state index in [0.29, 0.717) is 5.92 Å². The third-order valence-corrected chi connectivity index (χ3v) is 2.62. The minimum Gasteiger partial charge on any atom is -0.481 e. The van der Waals surface area contributed by atoms with Crippen molar-refractivity contribution >= 4 is 5.97 Å². The van der Waals surface area contributed by atoms with E-state index in [4.69, 9.17) is 5.11 Å². The first-order valence-electron chi connectivity index (χ1n) is 4.61. The molecule has 0 saturated heterocycles. The number of hydrogen-bond acceptors (Lipinski definition) is 2. The summed E-state index contributed by atoms with van der Waals surface area (Å²) in [6.07, 6.45) is 3.99. The zero-order valence-corrected chi connectivity index (χ0v) is 7.55. The van der Waals surface area contributed by atoms with Gasteiger partial charge < -0.3 is 10.4 Å². The van der Waals surface area contributed by atoms with Crippen molar-refractivity contribution in [2.24, 2.45) is 11.8 Å². The molecule has 0 aromatic carbocycles. The lowest BCUT2D eigenvalue weighted by Gasteiger charge is -2.26. The Labute approximate surface area is 73.2 Å². The summed E-state index contributed by atoms with van der Waals surface area (Å²) < 4.78 is 0. The van der Waals surface area contributed by atoms with Gasteiger partial charge in [0.1, 0.15) is 0 Å². The van der Waals surface area contributed by atoms with Gasteiger partial charge in [-0.05, 0) is 38.8 Å². The molecule has 0 bridgehead atoms. The lowest BCUT2D eigenvalue weighted by Crippen LogP contribution is -2.28. The molecule has 1 aliphatic rings. The average molecular weight is 171 g/mol. The minimum atomic E-state index is -0.615. The fourth-order valence-electron chi connectivity index (χ4n) is 1.99. The zero-order chi connectivity index (χ0) is 8.97. The number of aliphatic carboxylic acids is 1. The molecule has 0 spiro atoms. The molecule has 0 aliphatic heterocycles. The number of carboxylic acid groups (broad SMARTS) is 1. The highest BCUT2D eigenvalue weighted by Gasteiger charge is 2.26. The molecule has 3 nitrogen and oxygen atoms in total. The molecule has 70 valence electrons. The van der Waals surface area contributed by atoms with Crippen molar-refractivity contribution in [3.8, 4) is 0 Å². The SMILES string of the molecule is CNCC1CCCC(C(=O)O)C1. The number of carbonyl (C=O) groups is 1. The van der Waals surface area contributed by atoms with E-state index in [2.05, 4.69) is 5.32 Å². The van der Waals surface area contributed by atoms with Crippen LogP contribution in [0.3, 0.4) is 0 Å². The summed E-state index contributed by atoms with van der Waals surface area (Å²) in [5.41, 5.74) is 0. The smallest absolute Gasteiger partial charge is 0.306 e. The maximum absolute atomic E-state index is 10.7. The third kappa shape index (κ3) is 2.48. The summed E-state index contributed by atoms with van der Waals surface area (Å²) >= 11 is 0. The molecular formula is C9H17NO2. The molecule has 0 heterocycles. The van der Waals surface area contributed by atoms with Gasteiger partial charge in [-0.1, -0.05) is 6.42 Å². The van der Waals surface area contributed by atoms with Crippen LogP contribution in [0.1, 0.15) is 25.7 Å².